The highest BCUT2D eigenvalue weighted by Crippen LogP contribution is 2.36. The molecule has 8 heteroatoms. The molecule has 0 radical (unpaired) electrons. The van der Waals surface area contributed by atoms with Gasteiger partial charge in [-0.05, 0) is 13.8 Å². The van der Waals surface area contributed by atoms with Crippen molar-refractivity contribution in [1.29, 1.82) is 0 Å². The Balaban J connectivity index is 2.45. The Labute approximate surface area is 119 Å². The molecule has 0 aliphatic carbocycles. The van der Waals surface area contributed by atoms with Crippen LogP contribution in [0.3, 0.4) is 0 Å². The maximum Gasteiger partial charge on any atom is 0.387 e. The zero-order chi connectivity index (χ0) is 15.8. The lowest BCUT2D eigenvalue weighted by atomic mass is 9.97. The van der Waals surface area contributed by atoms with Crippen molar-refractivity contribution in [3.63, 3.8) is 0 Å². The van der Waals surface area contributed by atoms with Crippen LogP contribution < -0.4 is 20.7 Å². The quantitative estimate of drug-likeness (QED) is 0.835. The molecule has 1 fully saturated rings. The topological polar surface area (TPSA) is 67.6 Å². The van der Waals surface area contributed by atoms with E-state index in [1.807, 2.05) is 0 Å². The molecule has 2 rings (SSSR count). The molecule has 1 heterocycles. The number of alkyl halides is 2. The van der Waals surface area contributed by atoms with Crippen LogP contribution in [0.4, 0.5) is 24.5 Å². The summed E-state index contributed by atoms with van der Waals surface area (Å²) in [5, 5.41) is 2.70. The first-order valence-electron chi connectivity index (χ1n) is 6.33. The number of nitrogen functional groups attached to an aromatic ring is 1. The molecule has 0 atom stereocenters. The molecular formula is C13H16F3N3O2. The molecule has 1 aromatic rings. The first-order chi connectivity index (χ1) is 9.73. The predicted molar refractivity (Wildman–Crippen MR) is 71.9 cm³/mol. The number of nitrogens with one attached hydrogen (secondary N) is 1. The van der Waals surface area contributed by atoms with Gasteiger partial charge in [0.15, 0.2) is 11.6 Å². The minimum Gasteiger partial charge on any atom is -0.432 e. The Morgan fingerprint density at radius 2 is 2.10 bits per heavy atom. The van der Waals surface area contributed by atoms with Gasteiger partial charge < -0.3 is 20.7 Å². The summed E-state index contributed by atoms with van der Waals surface area (Å²) in [4.78, 5) is 13.6. The number of rotatable bonds is 3. The average Bonchev–Trinajstić information content (AvgIpc) is 2.36. The normalized spacial score (nSPS) is 17.8. The number of nitrogens with two attached hydrogens (primary N) is 1. The number of ether oxygens (including phenoxy) is 1. The largest absolute Gasteiger partial charge is 0.432 e. The Kier molecular flexibility index (Phi) is 3.89. The molecule has 0 spiro atoms. The van der Waals surface area contributed by atoms with Crippen molar-refractivity contribution in [1.82, 2.24) is 5.32 Å². The van der Waals surface area contributed by atoms with Crippen LogP contribution in [0.15, 0.2) is 12.1 Å². The van der Waals surface area contributed by atoms with Gasteiger partial charge >= 0.3 is 6.61 Å². The van der Waals surface area contributed by atoms with Gasteiger partial charge in [-0.15, -0.1) is 0 Å². The first-order valence-corrected chi connectivity index (χ1v) is 6.33. The van der Waals surface area contributed by atoms with Gasteiger partial charge in [0, 0.05) is 25.2 Å². The Morgan fingerprint density at radius 3 is 2.71 bits per heavy atom. The second-order valence-corrected chi connectivity index (χ2v) is 5.19. The number of hydrogen-bond acceptors (Lipinski definition) is 4. The van der Waals surface area contributed by atoms with Crippen LogP contribution in [0.2, 0.25) is 0 Å². The molecule has 0 bridgehead atoms. The van der Waals surface area contributed by atoms with Crippen molar-refractivity contribution >= 4 is 17.3 Å². The average molecular weight is 303 g/mol. The molecule has 1 amide bonds. The fraction of sp³-hybridized carbons (Fsp3) is 0.462. The highest BCUT2D eigenvalue weighted by Gasteiger charge is 2.38. The van der Waals surface area contributed by atoms with Crippen LogP contribution >= 0.6 is 0 Å². The molecule has 1 saturated heterocycles. The maximum atomic E-state index is 13.6. The van der Waals surface area contributed by atoms with Crippen LogP contribution in [0.5, 0.6) is 5.75 Å². The zero-order valence-electron chi connectivity index (χ0n) is 11.6. The third-order valence-corrected chi connectivity index (χ3v) is 3.44. The molecule has 3 N–H and O–H groups in total. The number of nitrogens with zero attached hydrogens (tertiary/aromatic N) is 1. The first kappa shape index (κ1) is 15.3. The van der Waals surface area contributed by atoms with E-state index in [1.165, 1.54) is 0 Å². The second-order valence-electron chi connectivity index (χ2n) is 5.19. The van der Waals surface area contributed by atoms with Gasteiger partial charge in [-0.25, -0.2) is 4.39 Å². The van der Waals surface area contributed by atoms with E-state index in [4.69, 9.17) is 5.73 Å². The Morgan fingerprint density at radius 1 is 1.43 bits per heavy atom. The van der Waals surface area contributed by atoms with Crippen LogP contribution in [-0.4, -0.2) is 31.1 Å². The van der Waals surface area contributed by atoms with Gasteiger partial charge in [0.2, 0.25) is 5.91 Å². The van der Waals surface area contributed by atoms with Crippen molar-refractivity contribution in [3.05, 3.63) is 17.9 Å². The Bertz CT molecular complexity index is 564. The fourth-order valence-electron chi connectivity index (χ4n) is 2.30. The van der Waals surface area contributed by atoms with E-state index in [0.29, 0.717) is 13.1 Å². The summed E-state index contributed by atoms with van der Waals surface area (Å²) >= 11 is 0. The molecule has 1 aliphatic heterocycles. The number of carbonyl (C=O) groups excluding carboxylic acids is 1. The van der Waals surface area contributed by atoms with E-state index in [0.717, 1.165) is 12.1 Å². The lowest BCUT2D eigenvalue weighted by molar-refractivity contribution is -0.126. The maximum absolute atomic E-state index is 13.6. The van der Waals surface area contributed by atoms with E-state index >= 15 is 0 Å². The lowest BCUT2D eigenvalue weighted by Gasteiger charge is -2.43. The molecule has 5 nitrogen and oxygen atoms in total. The van der Waals surface area contributed by atoms with Crippen molar-refractivity contribution in [2.24, 2.45) is 0 Å². The highest BCUT2D eigenvalue weighted by molar-refractivity contribution is 5.91. The van der Waals surface area contributed by atoms with Gasteiger partial charge in [0.1, 0.15) is 5.54 Å². The highest BCUT2D eigenvalue weighted by atomic mass is 19.3. The van der Waals surface area contributed by atoms with Crippen molar-refractivity contribution in [2.75, 3.05) is 23.7 Å². The van der Waals surface area contributed by atoms with E-state index in [2.05, 4.69) is 10.1 Å². The number of amides is 1. The summed E-state index contributed by atoms with van der Waals surface area (Å²) in [5.41, 5.74) is 5.16. The molecule has 0 unspecified atom stereocenters. The number of hydrogen-bond donors (Lipinski definition) is 2. The number of benzene rings is 1. The van der Waals surface area contributed by atoms with Crippen LogP contribution in [0.25, 0.3) is 0 Å². The monoisotopic (exact) mass is 303 g/mol. The predicted octanol–water partition coefficient (Wildman–Crippen LogP) is 1.72. The van der Waals surface area contributed by atoms with Crippen molar-refractivity contribution in [2.45, 2.75) is 26.0 Å². The van der Waals surface area contributed by atoms with E-state index in [-0.39, 0.29) is 17.3 Å². The van der Waals surface area contributed by atoms with Gasteiger partial charge in [-0.1, -0.05) is 0 Å². The molecule has 116 valence electrons. The molecule has 1 aliphatic rings. The van der Waals surface area contributed by atoms with E-state index < -0.39 is 23.7 Å². The number of piperazine rings is 1. The third kappa shape index (κ3) is 2.84. The standard InChI is InChI=1S/C13H16F3N3O2/c1-13(2)11(20)18-3-4-19(13)9-6-10(21-12(15)16)7(14)5-8(9)17/h5-6,12H,3-4,17H2,1-2H3,(H,18,20). The molecule has 1 aromatic carbocycles. The number of carbonyl (C=O) groups is 1. The van der Waals surface area contributed by atoms with E-state index in [1.54, 1.807) is 18.7 Å². The van der Waals surface area contributed by atoms with Gasteiger partial charge in [0.05, 0.1) is 11.4 Å². The van der Waals surface area contributed by atoms with E-state index in [9.17, 15) is 18.0 Å². The number of anilines is 2. The zero-order valence-corrected chi connectivity index (χ0v) is 11.6. The third-order valence-electron chi connectivity index (χ3n) is 3.44. The summed E-state index contributed by atoms with van der Waals surface area (Å²) in [6.07, 6.45) is 0. The number of halogens is 3. The molecule has 21 heavy (non-hydrogen) atoms. The van der Waals surface area contributed by atoms with Crippen LogP contribution in [0, 0.1) is 5.82 Å². The Hall–Kier alpha value is -2.12. The smallest absolute Gasteiger partial charge is 0.387 e. The summed E-state index contributed by atoms with van der Waals surface area (Å²) < 4.78 is 42.3. The minimum atomic E-state index is -3.14. The van der Waals surface area contributed by atoms with Gasteiger partial charge in [0.25, 0.3) is 0 Å². The van der Waals surface area contributed by atoms with Crippen molar-refractivity contribution in [3.8, 4) is 5.75 Å². The van der Waals surface area contributed by atoms with Gasteiger partial charge in [-0.2, -0.15) is 8.78 Å². The summed E-state index contributed by atoms with van der Waals surface area (Å²) in [6.45, 7) is 0.983. The summed E-state index contributed by atoms with van der Waals surface area (Å²) in [7, 11) is 0. The van der Waals surface area contributed by atoms with Crippen LogP contribution in [-0.2, 0) is 4.79 Å². The summed E-state index contributed by atoms with van der Waals surface area (Å²) in [5.74, 6) is -1.80. The second kappa shape index (κ2) is 5.34. The van der Waals surface area contributed by atoms with Crippen LogP contribution in [0.1, 0.15) is 13.8 Å². The van der Waals surface area contributed by atoms with Crippen molar-refractivity contribution < 1.29 is 22.7 Å². The lowest BCUT2D eigenvalue weighted by Crippen LogP contribution is -2.62. The minimum absolute atomic E-state index is 0.0527. The SMILES string of the molecule is CC1(C)C(=O)NCCN1c1cc(OC(F)F)c(F)cc1N. The fourth-order valence-corrected chi connectivity index (χ4v) is 2.30. The molecule has 0 saturated carbocycles. The molecule has 0 aromatic heterocycles. The van der Waals surface area contributed by atoms with Gasteiger partial charge in [-0.3, -0.25) is 4.79 Å². The summed E-state index contributed by atoms with van der Waals surface area (Å²) in [6, 6.07) is 2.01. The molecular weight excluding hydrogens is 287 g/mol.